The van der Waals surface area contributed by atoms with E-state index in [0.29, 0.717) is 11.5 Å². The van der Waals surface area contributed by atoms with E-state index in [4.69, 9.17) is 0 Å². The maximum Gasteiger partial charge on any atom is 0.142 e. The third-order valence-electron chi connectivity index (χ3n) is 4.15. The van der Waals surface area contributed by atoms with Crippen LogP contribution in [0.15, 0.2) is 16.7 Å². The number of aromatic nitrogens is 1. The van der Waals surface area contributed by atoms with Gasteiger partial charge in [0, 0.05) is 19.3 Å². The third kappa shape index (κ3) is 3.05. The van der Waals surface area contributed by atoms with Crippen LogP contribution in [0.5, 0.6) is 0 Å². The number of pyridine rings is 1. The van der Waals surface area contributed by atoms with E-state index in [0.717, 1.165) is 10.3 Å². The number of hydrogen-bond donors (Lipinski definition) is 0. The molecule has 1 saturated carbocycles. The molecule has 0 unspecified atom stereocenters. The lowest BCUT2D eigenvalue weighted by Crippen LogP contribution is -2.37. The molecule has 0 aliphatic heterocycles. The van der Waals surface area contributed by atoms with Gasteiger partial charge in [0.15, 0.2) is 0 Å². The van der Waals surface area contributed by atoms with Gasteiger partial charge < -0.3 is 4.90 Å². The molecule has 1 aliphatic carbocycles. The van der Waals surface area contributed by atoms with E-state index in [1.54, 1.807) is 0 Å². The van der Waals surface area contributed by atoms with Crippen LogP contribution >= 0.6 is 15.9 Å². The molecule has 0 N–H and O–H groups in total. The average Bonchev–Trinajstić information content (AvgIpc) is 2.28. The molecule has 3 heteroatoms. The highest BCUT2D eigenvalue weighted by Gasteiger charge is 2.29. The summed E-state index contributed by atoms with van der Waals surface area (Å²) in [4.78, 5) is 6.91. The normalized spacial score (nSPS) is 19.8. The van der Waals surface area contributed by atoms with Crippen LogP contribution in [0.2, 0.25) is 0 Å². The van der Waals surface area contributed by atoms with Crippen molar-refractivity contribution in [2.24, 2.45) is 5.41 Å². The van der Waals surface area contributed by atoms with E-state index in [2.05, 4.69) is 59.7 Å². The van der Waals surface area contributed by atoms with Crippen LogP contribution in [0.4, 0.5) is 5.82 Å². The molecule has 100 valence electrons. The van der Waals surface area contributed by atoms with Gasteiger partial charge in [0.05, 0.1) is 4.47 Å². The van der Waals surface area contributed by atoms with Crippen LogP contribution in [-0.4, -0.2) is 18.1 Å². The number of aryl methyl sites for hydroxylation is 1. The van der Waals surface area contributed by atoms with Gasteiger partial charge in [-0.25, -0.2) is 4.98 Å². The zero-order chi connectivity index (χ0) is 13.3. The van der Waals surface area contributed by atoms with Crippen LogP contribution in [0.25, 0.3) is 0 Å². The number of nitrogens with zero attached hydrogens (tertiary/aromatic N) is 2. The Balaban J connectivity index is 2.10. The van der Waals surface area contributed by atoms with E-state index < -0.39 is 0 Å². The molecular formula is C15H23BrN2. The SMILES string of the molecule is Cc1cnc(N(C)C2CCC(C)(C)CC2)c(Br)c1. The molecular weight excluding hydrogens is 288 g/mol. The van der Waals surface area contributed by atoms with Crippen molar-refractivity contribution in [3.05, 3.63) is 22.3 Å². The van der Waals surface area contributed by atoms with Gasteiger partial charge in [-0.05, 0) is 65.6 Å². The minimum atomic E-state index is 0.523. The molecule has 18 heavy (non-hydrogen) atoms. The molecule has 0 bridgehead atoms. The Hall–Kier alpha value is -0.570. The summed E-state index contributed by atoms with van der Waals surface area (Å²) in [7, 11) is 2.17. The number of anilines is 1. The first-order valence-corrected chi connectivity index (χ1v) is 7.53. The summed E-state index contributed by atoms with van der Waals surface area (Å²) in [6, 6.07) is 2.77. The Morgan fingerprint density at radius 1 is 1.33 bits per heavy atom. The number of rotatable bonds is 2. The van der Waals surface area contributed by atoms with Crippen LogP contribution in [0.1, 0.15) is 45.1 Å². The van der Waals surface area contributed by atoms with E-state index in [1.807, 2.05) is 6.20 Å². The molecule has 0 spiro atoms. The quantitative estimate of drug-likeness (QED) is 0.796. The summed E-state index contributed by atoms with van der Waals surface area (Å²) in [6.45, 7) is 6.83. The maximum absolute atomic E-state index is 4.57. The standard InChI is InChI=1S/C15H23BrN2/c1-11-9-13(16)14(17-10-11)18(4)12-5-7-15(2,3)8-6-12/h9-10,12H,5-8H2,1-4H3. The predicted octanol–water partition coefficient (Wildman–Crippen LogP) is 4.56. The van der Waals surface area contributed by atoms with Gasteiger partial charge in [0.2, 0.25) is 0 Å². The van der Waals surface area contributed by atoms with Crippen molar-refractivity contribution in [1.82, 2.24) is 4.98 Å². The fourth-order valence-corrected chi connectivity index (χ4v) is 3.47. The first-order chi connectivity index (χ1) is 8.39. The second kappa shape index (κ2) is 5.20. The molecule has 1 aromatic rings. The largest absolute Gasteiger partial charge is 0.356 e. The van der Waals surface area contributed by atoms with Gasteiger partial charge >= 0.3 is 0 Å². The molecule has 1 aliphatic rings. The Morgan fingerprint density at radius 3 is 2.50 bits per heavy atom. The highest BCUT2D eigenvalue weighted by atomic mass is 79.9. The summed E-state index contributed by atoms with van der Waals surface area (Å²) >= 11 is 3.63. The minimum absolute atomic E-state index is 0.523. The summed E-state index contributed by atoms with van der Waals surface area (Å²) in [5.74, 6) is 1.07. The second-order valence-electron chi connectivity index (χ2n) is 6.32. The highest BCUT2D eigenvalue weighted by Crippen LogP contribution is 2.38. The Bertz CT molecular complexity index is 419. The highest BCUT2D eigenvalue weighted by molar-refractivity contribution is 9.10. The molecule has 2 nitrogen and oxygen atoms in total. The fraction of sp³-hybridized carbons (Fsp3) is 0.667. The van der Waals surface area contributed by atoms with Gasteiger partial charge in [-0.2, -0.15) is 0 Å². The monoisotopic (exact) mass is 310 g/mol. The van der Waals surface area contributed by atoms with Crippen molar-refractivity contribution in [1.29, 1.82) is 0 Å². The summed E-state index contributed by atoms with van der Waals surface area (Å²) in [5.41, 5.74) is 1.72. The van der Waals surface area contributed by atoms with Gasteiger partial charge in [-0.15, -0.1) is 0 Å². The van der Waals surface area contributed by atoms with Crippen LogP contribution in [0.3, 0.4) is 0 Å². The lowest BCUT2D eigenvalue weighted by atomic mass is 9.75. The van der Waals surface area contributed by atoms with Crippen LogP contribution in [0, 0.1) is 12.3 Å². The van der Waals surface area contributed by atoms with Crippen molar-refractivity contribution in [3.8, 4) is 0 Å². The molecule has 0 amide bonds. The molecule has 0 saturated heterocycles. The summed E-state index contributed by atoms with van der Waals surface area (Å²) < 4.78 is 1.11. The van der Waals surface area contributed by atoms with Gasteiger partial charge in [-0.1, -0.05) is 13.8 Å². The molecule has 1 aromatic heterocycles. The molecule has 1 heterocycles. The molecule has 0 radical (unpaired) electrons. The second-order valence-corrected chi connectivity index (χ2v) is 7.18. The zero-order valence-corrected chi connectivity index (χ0v) is 13.4. The van der Waals surface area contributed by atoms with E-state index in [1.165, 1.54) is 31.2 Å². The van der Waals surface area contributed by atoms with Crippen molar-refractivity contribution < 1.29 is 0 Å². The van der Waals surface area contributed by atoms with E-state index in [-0.39, 0.29) is 0 Å². The molecule has 0 atom stereocenters. The number of hydrogen-bond acceptors (Lipinski definition) is 2. The lowest BCUT2D eigenvalue weighted by molar-refractivity contribution is 0.222. The first-order valence-electron chi connectivity index (χ1n) is 6.74. The molecule has 0 aromatic carbocycles. The summed E-state index contributed by atoms with van der Waals surface area (Å²) in [6.07, 6.45) is 7.11. The molecule has 2 rings (SSSR count). The summed E-state index contributed by atoms with van der Waals surface area (Å²) in [5, 5.41) is 0. The third-order valence-corrected chi connectivity index (χ3v) is 4.73. The van der Waals surface area contributed by atoms with Gasteiger partial charge in [-0.3, -0.25) is 0 Å². The number of halogens is 1. The maximum atomic E-state index is 4.57. The molecule has 1 fully saturated rings. The first kappa shape index (κ1) is 13.9. The predicted molar refractivity (Wildman–Crippen MR) is 81.1 cm³/mol. The fourth-order valence-electron chi connectivity index (χ4n) is 2.73. The van der Waals surface area contributed by atoms with Crippen molar-refractivity contribution in [2.45, 2.75) is 52.5 Å². The van der Waals surface area contributed by atoms with E-state index in [9.17, 15) is 0 Å². The lowest BCUT2D eigenvalue weighted by Gasteiger charge is -2.39. The van der Waals surface area contributed by atoms with E-state index >= 15 is 0 Å². The van der Waals surface area contributed by atoms with Crippen molar-refractivity contribution in [3.63, 3.8) is 0 Å². The van der Waals surface area contributed by atoms with Gasteiger partial charge in [0.25, 0.3) is 0 Å². The Morgan fingerprint density at radius 2 is 1.94 bits per heavy atom. The zero-order valence-electron chi connectivity index (χ0n) is 11.8. The topological polar surface area (TPSA) is 16.1 Å². The minimum Gasteiger partial charge on any atom is -0.356 e. The van der Waals surface area contributed by atoms with Crippen molar-refractivity contribution >= 4 is 21.7 Å². The smallest absolute Gasteiger partial charge is 0.142 e. The van der Waals surface area contributed by atoms with Crippen LogP contribution in [-0.2, 0) is 0 Å². The Labute approximate surface area is 119 Å². The van der Waals surface area contributed by atoms with Crippen LogP contribution < -0.4 is 4.90 Å². The van der Waals surface area contributed by atoms with Gasteiger partial charge in [0.1, 0.15) is 5.82 Å². The Kier molecular flexibility index (Phi) is 4.00. The average molecular weight is 311 g/mol. The van der Waals surface area contributed by atoms with Crippen molar-refractivity contribution in [2.75, 3.05) is 11.9 Å².